The SMILES string of the molecule is Fc1ccc2c(c1)cc(-c1ccccc1)n1c3ccccc3nc21. The van der Waals surface area contributed by atoms with Crippen LogP contribution in [0.4, 0.5) is 4.39 Å². The first-order chi connectivity index (χ1) is 11.8. The van der Waals surface area contributed by atoms with Crippen LogP contribution < -0.4 is 0 Å². The summed E-state index contributed by atoms with van der Waals surface area (Å²) in [5.41, 5.74) is 4.94. The minimum absolute atomic E-state index is 0.234. The molecule has 0 aliphatic heterocycles. The molecule has 2 aromatic heterocycles. The Morgan fingerprint density at radius 1 is 0.792 bits per heavy atom. The van der Waals surface area contributed by atoms with Gasteiger partial charge in [-0.15, -0.1) is 0 Å². The Labute approximate surface area is 137 Å². The number of aromatic nitrogens is 2. The van der Waals surface area contributed by atoms with Crippen molar-refractivity contribution in [3.8, 4) is 11.3 Å². The third-order valence-electron chi connectivity index (χ3n) is 4.42. The Bertz CT molecular complexity index is 1210. The van der Waals surface area contributed by atoms with Crippen molar-refractivity contribution in [2.75, 3.05) is 0 Å². The van der Waals surface area contributed by atoms with Gasteiger partial charge in [0.15, 0.2) is 0 Å². The van der Waals surface area contributed by atoms with Crippen molar-refractivity contribution in [1.82, 2.24) is 9.38 Å². The number of nitrogens with zero attached hydrogens (tertiary/aromatic N) is 2. The largest absolute Gasteiger partial charge is 0.292 e. The molecule has 0 bridgehead atoms. The predicted octanol–water partition coefficient (Wildman–Crippen LogP) is 5.45. The average molecular weight is 312 g/mol. The molecule has 0 radical (unpaired) electrons. The lowest BCUT2D eigenvalue weighted by Gasteiger charge is -2.10. The van der Waals surface area contributed by atoms with Gasteiger partial charge in [0.2, 0.25) is 0 Å². The molecule has 114 valence electrons. The van der Waals surface area contributed by atoms with Gasteiger partial charge >= 0.3 is 0 Å². The van der Waals surface area contributed by atoms with E-state index in [2.05, 4.69) is 22.6 Å². The second-order valence-electron chi connectivity index (χ2n) is 5.89. The van der Waals surface area contributed by atoms with Crippen molar-refractivity contribution < 1.29 is 4.39 Å². The van der Waals surface area contributed by atoms with Crippen molar-refractivity contribution in [1.29, 1.82) is 0 Å². The number of para-hydroxylation sites is 2. The van der Waals surface area contributed by atoms with Crippen LogP contribution in [0.15, 0.2) is 78.9 Å². The number of rotatable bonds is 1. The molecule has 2 nitrogen and oxygen atoms in total. The second kappa shape index (κ2) is 4.90. The number of fused-ring (bicyclic) bond motifs is 5. The Balaban J connectivity index is 2.05. The minimum Gasteiger partial charge on any atom is -0.292 e. The highest BCUT2D eigenvalue weighted by molar-refractivity contribution is 6.01. The number of imidazole rings is 1. The van der Waals surface area contributed by atoms with Crippen LogP contribution in [0.1, 0.15) is 0 Å². The number of hydrogen-bond acceptors (Lipinski definition) is 1. The van der Waals surface area contributed by atoms with Crippen molar-refractivity contribution in [2.24, 2.45) is 0 Å². The fraction of sp³-hybridized carbons (Fsp3) is 0. The van der Waals surface area contributed by atoms with Crippen LogP contribution in [0.2, 0.25) is 0 Å². The highest BCUT2D eigenvalue weighted by Gasteiger charge is 2.13. The summed E-state index contributed by atoms with van der Waals surface area (Å²) in [5.74, 6) is -0.234. The summed E-state index contributed by atoms with van der Waals surface area (Å²) in [7, 11) is 0. The molecule has 0 amide bonds. The quantitative estimate of drug-likeness (QED) is 0.402. The van der Waals surface area contributed by atoms with Crippen LogP contribution in [0.3, 0.4) is 0 Å². The monoisotopic (exact) mass is 312 g/mol. The van der Waals surface area contributed by atoms with E-state index < -0.39 is 0 Å². The highest BCUT2D eigenvalue weighted by atomic mass is 19.1. The fourth-order valence-corrected chi connectivity index (χ4v) is 3.34. The molecule has 0 N–H and O–H groups in total. The first kappa shape index (κ1) is 13.3. The van der Waals surface area contributed by atoms with Crippen LogP contribution in [0.5, 0.6) is 0 Å². The van der Waals surface area contributed by atoms with Gasteiger partial charge in [-0.25, -0.2) is 9.37 Å². The number of pyridine rings is 1. The Morgan fingerprint density at radius 2 is 1.58 bits per heavy atom. The van der Waals surface area contributed by atoms with E-state index in [1.54, 1.807) is 12.1 Å². The Hall–Kier alpha value is -3.20. The van der Waals surface area contributed by atoms with E-state index in [-0.39, 0.29) is 5.82 Å². The van der Waals surface area contributed by atoms with Crippen molar-refractivity contribution in [2.45, 2.75) is 0 Å². The molecule has 2 heterocycles. The summed E-state index contributed by atoms with van der Waals surface area (Å²) >= 11 is 0. The molecular weight excluding hydrogens is 299 g/mol. The van der Waals surface area contributed by atoms with Gasteiger partial charge in [0.05, 0.1) is 16.7 Å². The maximum absolute atomic E-state index is 13.7. The molecule has 0 spiro atoms. The molecule has 3 aromatic carbocycles. The highest BCUT2D eigenvalue weighted by Crippen LogP contribution is 2.31. The number of hydrogen-bond donors (Lipinski definition) is 0. The topological polar surface area (TPSA) is 17.3 Å². The first-order valence-corrected chi connectivity index (χ1v) is 7.86. The number of halogens is 1. The van der Waals surface area contributed by atoms with E-state index in [1.807, 2.05) is 42.5 Å². The molecule has 0 saturated heterocycles. The van der Waals surface area contributed by atoms with E-state index in [9.17, 15) is 4.39 Å². The van der Waals surface area contributed by atoms with Crippen molar-refractivity contribution in [3.63, 3.8) is 0 Å². The summed E-state index contributed by atoms with van der Waals surface area (Å²) in [4.78, 5) is 4.80. The molecule has 0 fully saturated rings. The number of benzene rings is 3. The van der Waals surface area contributed by atoms with E-state index in [4.69, 9.17) is 4.98 Å². The van der Waals surface area contributed by atoms with Gasteiger partial charge < -0.3 is 0 Å². The zero-order valence-electron chi connectivity index (χ0n) is 12.8. The summed E-state index contributed by atoms with van der Waals surface area (Å²) in [6, 6.07) is 25.1. The predicted molar refractivity (Wildman–Crippen MR) is 95.6 cm³/mol. The van der Waals surface area contributed by atoms with E-state index in [1.165, 1.54) is 6.07 Å². The Morgan fingerprint density at radius 3 is 2.46 bits per heavy atom. The standard InChI is InChI=1S/C21H13FN2/c22-16-10-11-17-15(12-16)13-20(14-6-2-1-3-7-14)24-19-9-5-4-8-18(19)23-21(17)24/h1-13H. The molecule has 0 atom stereocenters. The van der Waals surface area contributed by atoms with Gasteiger partial charge in [0, 0.05) is 5.39 Å². The normalized spacial score (nSPS) is 11.5. The summed E-state index contributed by atoms with van der Waals surface area (Å²) in [6.07, 6.45) is 0. The van der Waals surface area contributed by atoms with Crippen LogP contribution in [0.25, 0.3) is 38.7 Å². The van der Waals surface area contributed by atoms with Crippen LogP contribution in [0, 0.1) is 5.82 Å². The molecule has 0 aliphatic rings. The lowest BCUT2D eigenvalue weighted by atomic mass is 10.1. The van der Waals surface area contributed by atoms with Gasteiger partial charge in [-0.05, 0) is 47.3 Å². The zero-order chi connectivity index (χ0) is 16.1. The minimum atomic E-state index is -0.234. The van der Waals surface area contributed by atoms with Crippen LogP contribution in [-0.4, -0.2) is 9.38 Å². The molecule has 24 heavy (non-hydrogen) atoms. The third kappa shape index (κ3) is 1.85. The fourth-order valence-electron chi connectivity index (χ4n) is 3.34. The molecule has 0 unspecified atom stereocenters. The van der Waals surface area contributed by atoms with E-state index >= 15 is 0 Å². The van der Waals surface area contributed by atoms with E-state index in [0.717, 1.165) is 38.7 Å². The molecule has 5 rings (SSSR count). The molecule has 0 aliphatic carbocycles. The van der Waals surface area contributed by atoms with Gasteiger partial charge in [0.1, 0.15) is 11.5 Å². The molecule has 0 saturated carbocycles. The van der Waals surface area contributed by atoms with Crippen molar-refractivity contribution in [3.05, 3.63) is 84.7 Å². The van der Waals surface area contributed by atoms with Gasteiger partial charge in [0.25, 0.3) is 0 Å². The lowest BCUT2D eigenvalue weighted by Crippen LogP contribution is -1.94. The maximum Gasteiger partial charge on any atom is 0.146 e. The average Bonchev–Trinajstić information content (AvgIpc) is 3.01. The van der Waals surface area contributed by atoms with Gasteiger partial charge in [-0.1, -0.05) is 42.5 Å². The smallest absolute Gasteiger partial charge is 0.146 e. The van der Waals surface area contributed by atoms with E-state index in [0.29, 0.717) is 0 Å². The second-order valence-corrected chi connectivity index (χ2v) is 5.89. The van der Waals surface area contributed by atoms with Crippen molar-refractivity contribution >= 4 is 27.5 Å². The van der Waals surface area contributed by atoms with Crippen LogP contribution >= 0.6 is 0 Å². The summed E-state index contributed by atoms with van der Waals surface area (Å²) < 4.78 is 15.9. The van der Waals surface area contributed by atoms with Crippen LogP contribution in [-0.2, 0) is 0 Å². The first-order valence-electron chi connectivity index (χ1n) is 7.86. The Kier molecular flexibility index (Phi) is 2.71. The molecule has 3 heteroatoms. The maximum atomic E-state index is 13.7. The summed E-state index contributed by atoms with van der Waals surface area (Å²) in [5, 5.41) is 1.81. The molecular formula is C21H13FN2. The van der Waals surface area contributed by atoms with Gasteiger partial charge in [-0.3, -0.25) is 4.40 Å². The third-order valence-corrected chi connectivity index (χ3v) is 4.42. The summed E-state index contributed by atoms with van der Waals surface area (Å²) in [6.45, 7) is 0. The lowest BCUT2D eigenvalue weighted by molar-refractivity contribution is 0.630. The zero-order valence-corrected chi connectivity index (χ0v) is 12.8. The van der Waals surface area contributed by atoms with Gasteiger partial charge in [-0.2, -0.15) is 0 Å². The molecule has 5 aromatic rings.